The van der Waals surface area contributed by atoms with Gasteiger partial charge in [-0.05, 0) is 39.8 Å². The Labute approximate surface area is 104 Å². The molecule has 0 radical (unpaired) electrons. The summed E-state index contributed by atoms with van der Waals surface area (Å²) >= 11 is 0. The van der Waals surface area contributed by atoms with E-state index in [9.17, 15) is 4.79 Å². The number of carbonyl (C=O) groups is 1. The first-order valence-electron chi connectivity index (χ1n) is 6.87. The molecule has 0 bridgehead atoms. The summed E-state index contributed by atoms with van der Waals surface area (Å²) in [7, 11) is 0. The molecule has 0 aliphatic carbocycles. The van der Waals surface area contributed by atoms with E-state index >= 15 is 0 Å². The fraction of sp³-hybridized carbons (Fsp3) is 0.923. The van der Waals surface area contributed by atoms with Crippen LogP contribution < -0.4 is 0 Å². The van der Waals surface area contributed by atoms with E-state index in [2.05, 4.69) is 18.7 Å². The van der Waals surface area contributed by atoms with Crippen LogP contribution in [0.3, 0.4) is 0 Å². The van der Waals surface area contributed by atoms with Crippen LogP contribution in [-0.4, -0.2) is 61.1 Å². The molecule has 17 heavy (non-hydrogen) atoms. The fourth-order valence-electron chi connectivity index (χ4n) is 2.62. The lowest BCUT2D eigenvalue weighted by atomic mass is 9.95. The number of carbonyl (C=O) groups excluding carboxylic acids is 1. The van der Waals surface area contributed by atoms with E-state index in [4.69, 9.17) is 4.74 Å². The number of hydrogen-bond donors (Lipinski definition) is 0. The second-order valence-electron chi connectivity index (χ2n) is 5.04. The van der Waals surface area contributed by atoms with Crippen molar-refractivity contribution < 1.29 is 9.53 Å². The van der Waals surface area contributed by atoms with Crippen LogP contribution in [0.15, 0.2) is 0 Å². The summed E-state index contributed by atoms with van der Waals surface area (Å²) in [6, 6.07) is 0. The van der Waals surface area contributed by atoms with Crippen LogP contribution in [0, 0.1) is 5.92 Å². The van der Waals surface area contributed by atoms with Gasteiger partial charge >= 0.3 is 0 Å². The van der Waals surface area contributed by atoms with Gasteiger partial charge in [-0.15, -0.1) is 0 Å². The topological polar surface area (TPSA) is 36.1 Å². The molecule has 1 atom stereocenters. The van der Waals surface area contributed by atoms with Gasteiger partial charge in [0.1, 0.15) is 0 Å². The van der Waals surface area contributed by atoms with E-state index in [1.807, 2.05) is 4.90 Å². The standard InChI is InChI=1S/C13H24N2O2/c1-3-15(4-2)13(16)11-5-7-14(8-6-11)9-12-10-17-12/h11-12H,3-10H2,1-2H3/t12-/m0/s1. The molecular weight excluding hydrogens is 216 g/mol. The first-order chi connectivity index (χ1) is 8.24. The van der Waals surface area contributed by atoms with E-state index in [1.54, 1.807) is 0 Å². The van der Waals surface area contributed by atoms with Crippen molar-refractivity contribution in [2.75, 3.05) is 39.3 Å². The zero-order valence-corrected chi connectivity index (χ0v) is 11.0. The highest BCUT2D eigenvalue weighted by atomic mass is 16.6. The minimum absolute atomic E-state index is 0.256. The van der Waals surface area contributed by atoms with Crippen molar-refractivity contribution >= 4 is 5.91 Å². The van der Waals surface area contributed by atoms with Gasteiger partial charge in [-0.2, -0.15) is 0 Å². The summed E-state index contributed by atoms with van der Waals surface area (Å²) in [6.07, 6.45) is 2.51. The van der Waals surface area contributed by atoms with Gasteiger partial charge < -0.3 is 14.5 Å². The fourth-order valence-corrected chi connectivity index (χ4v) is 2.62. The number of piperidine rings is 1. The normalized spacial score (nSPS) is 25.9. The molecule has 0 saturated carbocycles. The molecule has 2 rings (SSSR count). The Morgan fingerprint density at radius 1 is 1.29 bits per heavy atom. The van der Waals surface area contributed by atoms with Crippen LogP contribution >= 0.6 is 0 Å². The predicted molar refractivity (Wildman–Crippen MR) is 66.8 cm³/mol. The molecule has 0 spiro atoms. The Morgan fingerprint density at radius 3 is 2.35 bits per heavy atom. The highest BCUT2D eigenvalue weighted by molar-refractivity contribution is 5.78. The first kappa shape index (κ1) is 12.8. The average Bonchev–Trinajstić information content (AvgIpc) is 3.15. The van der Waals surface area contributed by atoms with Crippen LogP contribution in [0.5, 0.6) is 0 Å². The molecule has 2 fully saturated rings. The SMILES string of the molecule is CCN(CC)C(=O)C1CCN(C[C@H]2CO2)CC1. The average molecular weight is 240 g/mol. The highest BCUT2D eigenvalue weighted by Crippen LogP contribution is 2.21. The molecule has 98 valence electrons. The van der Waals surface area contributed by atoms with Crippen molar-refractivity contribution in [1.82, 2.24) is 9.80 Å². The van der Waals surface area contributed by atoms with E-state index in [1.165, 1.54) is 0 Å². The maximum absolute atomic E-state index is 12.2. The number of epoxide rings is 1. The molecule has 4 heteroatoms. The van der Waals surface area contributed by atoms with Crippen molar-refractivity contribution in [3.8, 4) is 0 Å². The van der Waals surface area contributed by atoms with E-state index in [0.29, 0.717) is 12.0 Å². The van der Waals surface area contributed by atoms with Crippen LogP contribution in [0.4, 0.5) is 0 Å². The van der Waals surface area contributed by atoms with Gasteiger partial charge in [0.2, 0.25) is 5.91 Å². The number of rotatable bonds is 5. The molecule has 0 aromatic carbocycles. The van der Waals surface area contributed by atoms with Crippen molar-refractivity contribution in [2.24, 2.45) is 5.92 Å². The van der Waals surface area contributed by atoms with Crippen molar-refractivity contribution in [3.63, 3.8) is 0 Å². The van der Waals surface area contributed by atoms with Gasteiger partial charge in [-0.1, -0.05) is 0 Å². The molecule has 1 amide bonds. The smallest absolute Gasteiger partial charge is 0.225 e. The molecule has 2 heterocycles. The number of ether oxygens (including phenoxy) is 1. The van der Waals surface area contributed by atoms with E-state index < -0.39 is 0 Å². The minimum atomic E-state index is 0.256. The quantitative estimate of drug-likeness (QED) is 0.672. The lowest BCUT2D eigenvalue weighted by Gasteiger charge is -2.33. The second-order valence-corrected chi connectivity index (χ2v) is 5.04. The first-order valence-corrected chi connectivity index (χ1v) is 6.87. The monoisotopic (exact) mass is 240 g/mol. The van der Waals surface area contributed by atoms with Gasteiger partial charge in [0.05, 0.1) is 12.7 Å². The summed E-state index contributed by atoms with van der Waals surface area (Å²) in [5.41, 5.74) is 0. The predicted octanol–water partition coefficient (Wildman–Crippen LogP) is 0.966. The summed E-state index contributed by atoms with van der Waals surface area (Å²) in [6.45, 7) is 9.89. The van der Waals surface area contributed by atoms with Gasteiger partial charge in [0, 0.05) is 25.6 Å². The molecule has 0 aromatic heterocycles. The zero-order valence-electron chi connectivity index (χ0n) is 11.0. The lowest BCUT2D eigenvalue weighted by Crippen LogP contribution is -2.43. The third-order valence-corrected chi connectivity index (χ3v) is 3.88. The van der Waals surface area contributed by atoms with Crippen molar-refractivity contribution in [2.45, 2.75) is 32.8 Å². The number of nitrogens with zero attached hydrogens (tertiary/aromatic N) is 2. The van der Waals surface area contributed by atoms with Gasteiger partial charge in [-0.25, -0.2) is 0 Å². The van der Waals surface area contributed by atoms with Crippen molar-refractivity contribution in [3.05, 3.63) is 0 Å². The van der Waals surface area contributed by atoms with Crippen LogP contribution in [0.2, 0.25) is 0 Å². The van der Waals surface area contributed by atoms with Gasteiger partial charge in [0.25, 0.3) is 0 Å². The second kappa shape index (κ2) is 5.83. The Kier molecular flexibility index (Phi) is 4.40. The van der Waals surface area contributed by atoms with E-state index in [0.717, 1.165) is 52.2 Å². The number of hydrogen-bond acceptors (Lipinski definition) is 3. The Balaban J connectivity index is 1.75. The van der Waals surface area contributed by atoms with Crippen LogP contribution in [0.25, 0.3) is 0 Å². The lowest BCUT2D eigenvalue weighted by molar-refractivity contribution is -0.136. The number of amides is 1. The van der Waals surface area contributed by atoms with Crippen LogP contribution in [-0.2, 0) is 9.53 Å². The van der Waals surface area contributed by atoms with Gasteiger partial charge in [-0.3, -0.25) is 4.79 Å². The maximum atomic E-state index is 12.2. The van der Waals surface area contributed by atoms with Gasteiger partial charge in [0.15, 0.2) is 0 Å². The summed E-state index contributed by atoms with van der Waals surface area (Å²) in [4.78, 5) is 16.6. The number of likely N-dealkylation sites (tertiary alicyclic amines) is 1. The Bertz CT molecular complexity index is 254. The van der Waals surface area contributed by atoms with Crippen molar-refractivity contribution in [1.29, 1.82) is 0 Å². The van der Waals surface area contributed by atoms with Crippen LogP contribution in [0.1, 0.15) is 26.7 Å². The summed E-state index contributed by atoms with van der Waals surface area (Å²) in [5, 5.41) is 0. The van der Waals surface area contributed by atoms with E-state index in [-0.39, 0.29) is 5.92 Å². The molecule has 0 aromatic rings. The third kappa shape index (κ3) is 3.42. The third-order valence-electron chi connectivity index (χ3n) is 3.88. The summed E-state index contributed by atoms with van der Waals surface area (Å²) in [5.74, 6) is 0.614. The molecule has 0 unspecified atom stereocenters. The molecule has 2 saturated heterocycles. The molecule has 4 nitrogen and oxygen atoms in total. The molecular formula is C13H24N2O2. The summed E-state index contributed by atoms with van der Waals surface area (Å²) < 4.78 is 5.24. The molecule has 2 aliphatic rings. The Morgan fingerprint density at radius 2 is 1.88 bits per heavy atom. The maximum Gasteiger partial charge on any atom is 0.225 e. The Hall–Kier alpha value is -0.610. The molecule has 0 N–H and O–H groups in total. The highest BCUT2D eigenvalue weighted by Gasteiger charge is 2.31. The zero-order chi connectivity index (χ0) is 12.3. The minimum Gasteiger partial charge on any atom is -0.372 e. The largest absolute Gasteiger partial charge is 0.372 e. The molecule has 2 aliphatic heterocycles.